The van der Waals surface area contributed by atoms with Crippen LogP contribution in [-0.2, 0) is 13.1 Å². The zero-order valence-corrected chi connectivity index (χ0v) is 11.8. The largest absolute Gasteiger partial charge is 0.308 e. The van der Waals surface area contributed by atoms with Crippen molar-refractivity contribution in [1.82, 2.24) is 10.3 Å². The molecule has 2 nitrogen and oxygen atoms in total. The number of aromatic nitrogens is 1. The van der Waals surface area contributed by atoms with Crippen LogP contribution in [0.25, 0.3) is 10.8 Å². The van der Waals surface area contributed by atoms with Crippen molar-refractivity contribution in [3.8, 4) is 0 Å². The Bertz CT molecular complexity index is 688. The molecule has 3 aromatic rings. The topological polar surface area (TPSA) is 24.9 Å². The number of pyridine rings is 1. The number of nitrogens with zero attached hydrogens (tertiary/aromatic N) is 1. The van der Waals surface area contributed by atoms with E-state index in [1.54, 1.807) is 11.3 Å². The Labute approximate surface area is 121 Å². The third-order valence-corrected chi connectivity index (χ3v) is 4.25. The smallest absolute Gasteiger partial charge is 0.0931 e. The van der Waals surface area contributed by atoms with E-state index in [4.69, 9.17) is 11.6 Å². The molecule has 0 unspecified atom stereocenters. The van der Waals surface area contributed by atoms with Gasteiger partial charge in [-0.1, -0.05) is 29.8 Å². The molecule has 2 heterocycles. The number of hydrogen-bond acceptors (Lipinski definition) is 3. The van der Waals surface area contributed by atoms with Crippen molar-refractivity contribution < 1.29 is 0 Å². The highest BCUT2D eigenvalue weighted by Crippen LogP contribution is 2.21. The van der Waals surface area contributed by atoms with Gasteiger partial charge in [0.25, 0.3) is 0 Å². The molecule has 1 N–H and O–H groups in total. The van der Waals surface area contributed by atoms with Gasteiger partial charge in [0.15, 0.2) is 0 Å². The van der Waals surface area contributed by atoms with Crippen molar-refractivity contribution in [2.75, 3.05) is 0 Å². The molecular formula is C15H13ClN2S. The van der Waals surface area contributed by atoms with Gasteiger partial charge in [0, 0.05) is 35.7 Å². The van der Waals surface area contributed by atoms with E-state index in [2.05, 4.69) is 40.6 Å². The van der Waals surface area contributed by atoms with Crippen molar-refractivity contribution in [1.29, 1.82) is 0 Å². The Balaban J connectivity index is 1.71. The second kappa shape index (κ2) is 5.70. The zero-order chi connectivity index (χ0) is 13.1. The van der Waals surface area contributed by atoms with Gasteiger partial charge < -0.3 is 5.32 Å². The molecule has 0 atom stereocenters. The first kappa shape index (κ1) is 12.6. The molecule has 4 heteroatoms. The fraction of sp³-hybridized carbons (Fsp3) is 0.133. The van der Waals surface area contributed by atoms with E-state index in [9.17, 15) is 0 Å². The van der Waals surface area contributed by atoms with Gasteiger partial charge in [0.2, 0.25) is 0 Å². The van der Waals surface area contributed by atoms with Crippen LogP contribution in [0.3, 0.4) is 0 Å². The number of fused-ring (bicyclic) bond motifs is 1. The van der Waals surface area contributed by atoms with Crippen LogP contribution in [0, 0.1) is 0 Å². The lowest BCUT2D eigenvalue weighted by Gasteiger charge is -2.07. The van der Waals surface area contributed by atoms with Gasteiger partial charge in [-0.3, -0.25) is 4.98 Å². The highest BCUT2D eigenvalue weighted by molar-refractivity contribution is 7.16. The maximum atomic E-state index is 5.92. The van der Waals surface area contributed by atoms with E-state index in [0.29, 0.717) is 0 Å². The minimum absolute atomic E-state index is 0.841. The molecule has 0 fully saturated rings. The first-order valence-corrected chi connectivity index (χ1v) is 7.29. The van der Waals surface area contributed by atoms with E-state index in [1.807, 2.05) is 18.5 Å². The predicted molar refractivity (Wildman–Crippen MR) is 81.6 cm³/mol. The Kier molecular flexibility index (Phi) is 3.78. The Morgan fingerprint density at radius 3 is 2.89 bits per heavy atom. The van der Waals surface area contributed by atoms with Crippen molar-refractivity contribution in [2.45, 2.75) is 13.1 Å². The average molecular weight is 289 g/mol. The van der Waals surface area contributed by atoms with Crippen molar-refractivity contribution in [2.24, 2.45) is 0 Å². The summed E-state index contributed by atoms with van der Waals surface area (Å²) in [7, 11) is 0. The first-order chi connectivity index (χ1) is 9.33. The van der Waals surface area contributed by atoms with Crippen LogP contribution in [0.15, 0.2) is 48.8 Å². The normalized spacial score (nSPS) is 11.0. The summed E-state index contributed by atoms with van der Waals surface area (Å²) in [5, 5.41) is 5.89. The zero-order valence-electron chi connectivity index (χ0n) is 10.3. The summed E-state index contributed by atoms with van der Waals surface area (Å²) >= 11 is 7.54. The molecule has 3 rings (SSSR count). The van der Waals surface area contributed by atoms with Gasteiger partial charge in [0.1, 0.15) is 0 Å². The molecule has 0 bridgehead atoms. The minimum atomic E-state index is 0.841. The van der Waals surface area contributed by atoms with Crippen LogP contribution in [-0.4, -0.2) is 4.98 Å². The Hall–Kier alpha value is -1.42. The number of hydrogen-bond donors (Lipinski definition) is 1. The molecule has 0 radical (unpaired) electrons. The third-order valence-electron chi connectivity index (χ3n) is 3.01. The van der Waals surface area contributed by atoms with Crippen molar-refractivity contribution in [3.05, 3.63) is 63.6 Å². The van der Waals surface area contributed by atoms with Gasteiger partial charge in [0.05, 0.1) is 4.34 Å². The Morgan fingerprint density at radius 1 is 1.11 bits per heavy atom. The lowest BCUT2D eigenvalue weighted by Crippen LogP contribution is -2.11. The second-order valence-electron chi connectivity index (χ2n) is 4.32. The van der Waals surface area contributed by atoms with Gasteiger partial charge >= 0.3 is 0 Å². The molecule has 19 heavy (non-hydrogen) atoms. The van der Waals surface area contributed by atoms with Crippen LogP contribution in [0.1, 0.15) is 10.4 Å². The number of nitrogens with one attached hydrogen (secondary N) is 1. The fourth-order valence-corrected chi connectivity index (χ4v) is 3.17. The quantitative estimate of drug-likeness (QED) is 0.777. The predicted octanol–water partition coefficient (Wildman–Crippen LogP) is 4.24. The maximum Gasteiger partial charge on any atom is 0.0931 e. The standard InChI is InChI=1S/C15H13ClN2S/c16-15-5-4-13(19-15)10-18-9-12-3-1-2-11-8-17-7-6-14(11)12/h1-8,18H,9-10H2. The van der Waals surface area contributed by atoms with Crippen LogP contribution < -0.4 is 5.32 Å². The molecule has 0 amide bonds. The molecule has 2 aromatic heterocycles. The highest BCUT2D eigenvalue weighted by Gasteiger charge is 2.01. The summed E-state index contributed by atoms with van der Waals surface area (Å²) in [4.78, 5) is 5.41. The van der Waals surface area contributed by atoms with E-state index < -0.39 is 0 Å². The monoisotopic (exact) mass is 288 g/mol. The van der Waals surface area contributed by atoms with E-state index >= 15 is 0 Å². The van der Waals surface area contributed by atoms with Crippen LogP contribution >= 0.6 is 22.9 Å². The highest BCUT2D eigenvalue weighted by atomic mass is 35.5. The maximum absolute atomic E-state index is 5.92. The van der Waals surface area contributed by atoms with Crippen molar-refractivity contribution >= 4 is 33.7 Å². The number of benzene rings is 1. The van der Waals surface area contributed by atoms with Gasteiger partial charge in [-0.15, -0.1) is 11.3 Å². The summed E-state index contributed by atoms with van der Waals surface area (Å²) in [5.74, 6) is 0. The van der Waals surface area contributed by atoms with Gasteiger partial charge in [-0.25, -0.2) is 0 Å². The summed E-state index contributed by atoms with van der Waals surface area (Å²) in [6.07, 6.45) is 3.74. The fourth-order valence-electron chi connectivity index (χ4n) is 2.11. The summed E-state index contributed by atoms with van der Waals surface area (Å²) < 4.78 is 0.841. The Morgan fingerprint density at radius 2 is 2.05 bits per heavy atom. The number of rotatable bonds is 4. The SMILES string of the molecule is Clc1ccc(CNCc2cccc3cnccc23)s1. The molecule has 0 aliphatic carbocycles. The van der Waals surface area contributed by atoms with Crippen molar-refractivity contribution in [3.63, 3.8) is 0 Å². The van der Waals surface area contributed by atoms with Gasteiger partial charge in [-0.05, 0) is 29.1 Å². The average Bonchev–Trinajstić information content (AvgIpc) is 2.85. The van der Waals surface area contributed by atoms with E-state index in [0.717, 1.165) is 17.4 Å². The van der Waals surface area contributed by atoms with Crippen LogP contribution in [0.5, 0.6) is 0 Å². The molecule has 96 valence electrons. The summed E-state index contributed by atoms with van der Waals surface area (Å²) in [5.41, 5.74) is 1.29. The lowest BCUT2D eigenvalue weighted by atomic mass is 10.1. The summed E-state index contributed by atoms with van der Waals surface area (Å²) in [6, 6.07) is 12.4. The number of thiophene rings is 1. The number of halogens is 1. The second-order valence-corrected chi connectivity index (χ2v) is 6.12. The van der Waals surface area contributed by atoms with Crippen LogP contribution in [0.4, 0.5) is 0 Å². The molecular weight excluding hydrogens is 276 g/mol. The molecule has 0 saturated heterocycles. The molecule has 0 aliphatic rings. The molecule has 0 aliphatic heterocycles. The third kappa shape index (κ3) is 2.95. The van der Waals surface area contributed by atoms with Crippen LogP contribution in [0.2, 0.25) is 4.34 Å². The molecule has 0 saturated carbocycles. The van der Waals surface area contributed by atoms with E-state index in [1.165, 1.54) is 21.2 Å². The minimum Gasteiger partial charge on any atom is -0.308 e. The molecule has 1 aromatic carbocycles. The van der Waals surface area contributed by atoms with E-state index in [-0.39, 0.29) is 0 Å². The summed E-state index contributed by atoms with van der Waals surface area (Å²) in [6.45, 7) is 1.69. The van der Waals surface area contributed by atoms with Gasteiger partial charge in [-0.2, -0.15) is 0 Å². The first-order valence-electron chi connectivity index (χ1n) is 6.09. The molecule has 0 spiro atoms. The lowest BCUT2D eigenvalue weighted by molar-refractivity contribution is 0.704.